The summed E-state index contributed by atoms with van der Waals surface area (Å²) in [5, 5.41) is 13.5. The predicted octanol–water partition coefficient (Wildman–Crippen LogP) is 3.42. The number of hydrogen-bond acceptors (Lipinski definition) is 4. The normalized spacial score (nSPS) is 10.3. The molecule has 6 heteroatoms. The Labute approximate surface area is 113 Å². The first-order valence-corrected chi connectivity index (χ1v) is 6.44. The van der Waals surface area contributed by atoms with Crippen LogP contribution in [0.15, 0.2) is 24.4 Å². The summed E-state index contributed by atoms with van der Waals surface area (Å²) >= 11 is 7.36. The highest BCUT2D eigenvalue weighted by molar-refractivity contribution is 7.11. The molecule has 0 aliphatic heterocycles. The summed E-state index contributed by atoms with van der Waals surface area (Å²) in [6.45, 7) is 2.48. The second-order valence-corrected chi connectivity index (χ2v) is 5.47. The molecule has 0 saturated heterocycles. The Morgan fingerprint density at radius 2 is 2.33 bits per heavy atom. The number of nitrogens with zero attached hydrogens (tertiary/aromatic N) is 1. The van der Waals surface area contributed by atoms with Crippen LogP contribution in [0.25, 0.3) is 0 Å². The molecule has 2 aromatic rings. The third kappa shape index (κ3) is 3.00. The molecule has 0 amide bonds. The number of hydrogen-bond donors (Lipinski definition) is 2. The molecule has 0 fully saturated rings. The molecular formula is C12H11ClN2O2S. The van der Waals surface area contributed by atoms with E-state index in [-0.39, 0.29) is 5.56 Å². The van der Waals surface area contributed by atoms with E-state index < -0.39 is 5.97 Å². The van der Waals surface area contributed by atoms with Gasteiger partial charge in [0.25, 0.3) is 0 Å². The van der Waals surface area contributed by atoms with Crippen LogP contribution < -0.4 is 5.32 Å². The maximum atomic E-state index is 11.1. The van der Waals surface area contributed by atoms with Crippen molar-refractivity contribution in [3.8, 4) is 0 Å². The lowest BCUT2D eigenvalue weighted by molar-refractivity contribution is 0.0698. The third-order valence-electron chi connectivity index (χ3n) is 2.31. The summed E-state index contributed by atoms with van der Waals surface area (Å²) in [6, 6.07) is 4.75. The molecular weight excluding hydrogens is 272 g/mol. The number of rotatable bonds is 4. The van der Waals surface area contributed by atoms with Gasteiger partial charge in [-0.2, -0.15) is 0 Å². The first kappa shape index (κ1) is 12.9. The Morgan fingerprint density at radius 1 is 1.56 bits per heavy atom. The molecule has 0 aliphatic rings. The number of aryl methyl sites for hydroxylation is 1. The largest absolute Gasteiger partial charge is 0.478 e. The van der Waals surface area contributed by atoms with E-state index in [1.165, 1.54) is 6.07 Å². The van der Waals surface area contributed by atoms with Gasteiger partial charge in [0, 0.05) is 21.8 Å². The molecule has 0 aliphatic carbocycles. The minimum Gasteiger partial charge on any atom is -0.478 e. The molecule has 4 nitrogen and oxygen atoms in total. The van der Waals surface area contributed by atoms with Crippen molar-refractivity contribution >= 4 is 34.6 Å². The fourth-order valence-electron chi connectivity index (χ4n) is 1.50. The predicted molar refractivity (Wildman–Crippen MR) is 72.6 cm³/mol. The zero-order valence-corrected chi connectivity index (χ0v) is 11.2. The average Bonchev–Trinajstić information content (AvgIpc) is 2.73. The van der Waals surface area contributed by atoms with Crippen molar-refractivity contribution in [2.75, 3.05) is 5.32 Å². The maximum Gasteiger partial charge on any atom is 0.337 e. The van der Waals surface area contributed by atoms with E-state index in [1.54, 1.807) is 29.7 Å². The van der Waals surface area contributed by atoms with E-state index in [2.05, 4.69) is 10.3 Å². The molecule has 2 rings (SSSR count). The van der Waals surface area contributed by atoms with Gasteiger partial charge in [-0.1, -0.05) is 11.6 Å². The smallest absolute Gasteiger partial charge is 0.337 e. The minimum atomic E-state index is -1.00. The lowest BCUT2D eigenvalue weighted by Gasteiger charge is -2.08. The molecule has 1 heterocycles. The van der Waals surface area contributed by atoms with E-state index >= 15 is 0 Å². The van der Waals surface area contributed by atoms with Gasteiger partial charge in [-0.3, -0.25) is 0 Å². The van der Waals surface area contributed by atoms with Gasteiger partial charge in [-0.15, -0.1) is 11.3 Å². The van der Waals surface area contributed by atoms with Gasteiger partial charge in [-0.05, 0) is 25.1 Å². The number of aromatic nitrogens is 1. The van der Waals surface area contributed by atoms with Gasteiger partial charge in [0.05, 0.1) is 12.1 Å². The van der Waals surface area contributed by atoms with E-state index in [9.17, 15) is 4.79 Å². The first-order valence-electron chi connectivity index (χ1n) is 5.24. The van der Waals surface area contributed by atoms with Crippen LogP contribution in [0, 0.1) is 6.92 Å². The van der Waals surface area contributed by atoms with Crippen LogP contribution >= 0.6 is 22.9 Å². The number of nitrogens with one attached hydrogen (secondary N) is 1. The molecule has 1 aromatic carbocycles. The quantitative estimate of drug-likeness (QED) is 0.902. The van der Waals surface area contributed by atoms with Crippen molar-refractivity contribution in [2.24, 2.45) is 0 Å². The molecule has 0 spiro atoms. The summed E-state index contributed by atoms with van der Waals surface area (Å²) in [6.07, 6.45) is 1.79. The summed E-state index contributed by atoms with van der Waals surface area (Å²) in [7, 11) is 0. The van der Waals surface area contributed by atoms with Gasteiger partial charge in [0.1, 0.15) is 5.01 Å². The van der Waals surface area contributed by atoms with Crippen molar-refractivity contribution in [3.05, 3.63) is 44.9 Å². The summed E-state index contributed by atoms with van der Waals surface area (Å²) in [4.78, 5) is 16.4. The zero-order valence-electron chi connectivity index (χ0n) is 9.61. The third-order valence-corrected chi connectivity index (χ3v) is 3.46. The van der Waals surface area contributed by atoms with E-state index in [0.29, 0.717) is 17.3 Å². The van der Waals surface area contributed by atoms with E-state index in [1.807, 2.05) is 6.92 Å². The monoisotopic (exact) mass is 282 g/mol. The molecule has 94 valence electrons. The van der Waals surface area contributed by atoms with Gasteiger partial charge in [0.2, 0.25) is 0 Å². The fourth-order valence-corrected chi connectivity index (χ4v) is 2.40. The van der Waals surface area contributed by atoms with Crippen LogP contribution in [0.5, 0.6) is 0 Å². The molecule has 0 bridgehead atoms. The fraction of sp³-hybridized carbons (Fsp3) is 0.167. The average molecular weight is 283 g/mol. The number of thiazole rings is 1. The SMILES string of the molecule is Cc1cnc(CNc2ccc(Cl)cc2C(=O)O)s1. The molecule has 0 saturated carbocycles. The van der Waals surface area contributed by atoms with Crippen molar-refractivity contribution in [3.63, 3.8) is 0 Å². The second-order valence-electron chi connectivity index (χ2n) is 3.71. The number of aromatic carboxylic acids is 1. The van der Waals surface area contributed by atoms with Crippen LogP contribution in [-0.2, 0) is 6.54 Å². The molecule has 0 unspecified atom stereocenters. The number of halogens is 1. The van der Waals surface area contributed by atoms with E-state index in [4.69, 9.17) is 16.7 Å². The van der Waals surface area contributed by atoms with Crippen LogP contribution in [0.4, 0.5) is 5.69 Å². The number of benzene rings is 1. The van der Waals surface area contributed by atoms with Crippen molar-refractivity contribution in [1.29, 1.82) is 0 Å². The Hall–Kier alpha value is -1.59. The Morgan fingerprint density at radius 3 is 2.94 bits per heavy atom. The van der Waals surface area contributed by atoms with Gasteiger partial charge in [0.15, 0.2) is 0 Å². The maximum absolute atomic E-state index is 11.1. The lowest BCUT2D eigenvalue weighted by Crippen LogP contribution is -2.06. The van der Waals surface area contributed by atoms with Crippen LogP contribution in [-0.4, -0.2) is 16.1 Å². The first-order chi connectivity index (χ1) is 8.56. The zero-order chi connectivity index (χ0) is 13.1. The van der Waals surface area contributed by atoms with Crippen molar-refractivity contribution < 1.29 is 9.90 Å². The Balaban J connectivity index is 2.16. The van der Waals surface area contributed by atoms with Gasteiger partial charge >= 0.3 is 5.97 Å². The molecule has 1 aromatic heterocycles. The standard InChI is InChI=1S/C12H11ClN2O2S/c1-7-5-15-11(18-7)6-14-10-3-2-8(13)4-9(10)12(16)17/h2-5,14H,6H2,1H3,(H,16,17). The Kier molecular flexibility index (Phi) is 3.84. The van der Waals surface area contributed by atoms with E-state index in [0.717, 1.165) is 9.88 Å². The molecule has 0 radical (unpaired) electrons. The highest BCUT2D eigenvalue weighted by atomic mass is 35.5. The molecule has 0 atom stereocenters. The molecule has 18 heavy (non-hydrogen) atoms. The van der Waals surface area contributed by atoms with Crippen molar-refractivity contribution in [1.82, 2.24) is 4.98 Å². The number of carboxylic acids is 1. The topological polar surface area (TPSA) is 62.2 Å². The van der Waals surface area contributed by atoms with Gasteiger partial charge in [-0.25, -0.2) is 9.78 Å². The van der Waals surface area contributed by atoms with Crippen LogP contribution in [0.2, 0.25) is 5.02 Å². The number of anilines is 1. The summed E-state index contributed by atoms with van der Waals surface area (Å²) in [5.41, 5.74) is 0.704. The summed E-state index contributed by atoms with van der Waals surface area (Å²) < 4.78 is 0. The molecule has 2 N–H and O–H groups in total. The van der Waals surface area contributed by atoms with Crippen LogP contribution in [0.1, 0.15) is 20.2 Å². The summed E-state index contributed by atoms with van der Waals surface area (Å²) in [5.74, 6) is -1.00. The lowest BCUT2D eigenvalue weighted by atomic mass is 10.2. The number of carboxylic acid groups (broad SMARTS) is 1. The minimum absolute atomic E-state index is 0.163. The van der Waals surface area contributed by atoms with Gasteiger partial charge < -0.3 is 10.4 Å². The number of carbonyl (C=O) groups is 1. The van der Waals surface area contributed by atoms with Crippen LogP contribution in [0.3, 0.4) is 0 Å². The Bertz CT molecular complexity index is 583. The second kappa shape index (κ2) is 5.37. The highest BCUT2D eigenvalue weighted by Gasteiger charge is 2.10. The highest BCUT2D eigenvalue weighted by Crippen LogP contribution is 2.22. The van der Waals surface area contributed by atoms with Crippen molar-refractivity contribution in [2.45, 2.75) is 13.5 Å².